The minimum Gasteiger partial charge on any atom is -0.348 e. The van der Waals surface area contributed by atoms with Crippen LogP contribution in [-0.2, 0) is 4.79 Å². The van der Waals surface area contributed by atoms with Crippen molar-refractivity contribution in [3.8, 4) is 0 Å². The maximum absolute atomic E-state index is 11.9. The Morgan fingerprint density at radius 2 is 1.78 bits per heavy atom. The zero-order valence-electron chi connectivity index (χ0n) is 11.7. The van der Waals surface area contributed by atoms with Gasteiger partial charge >= 0.3 is 0 Å². The fourth-order valence-corrected chi connectivity index (χ4v) is 1.87. The summed E-state index contributed by atoms with van der Waals surface area (Å²) in [6, 6.07) is 7.75. The minimum absolute atomic E-state index is 0.00341. The van der Waals surface area contributed by atoms with Gasteiger partial charge in [-0.05, 0) is 31.7 Å². The van der Waals surface area contributed by atoms with Gasteiger partial charge in [-0.2, -0.15) is 0 Å². The third kappa shape index (κ3) is 4.49. The number of nitrogens with one attached hydrogen (secondary N) is 1. The Morgan fingerprint density at radius 3 is 2.28 bits per heavy atom. The van der Waals surface area contributed by atoms with Crippen molar-refractivity contribution in [3.05, 3.63) is 35.4 Å². The highest BCUT2D eigenvalue weighted by Crippen LogP contribution is 2.13. The molecule has 0 saturated carbocycles. The topological polar surface area (TPSA) is 55.1 Å². The number of amides is 1. The molecule has 0 aliphatic heterocycles. The van der Waals surface area contributed by atoms with Gasteiger partial charge in [0.2, 0.25) is 5.91 Å². The first-order valence-corrected chi connectivity index (χ1v) is 6.52. The largest absolute Gasteiger partial charge is 0.348 e. The summed E-state index contributed by atoms with van der Waals surface area (Å²) in [6.07, 6.45) is 0.715. The molecule has 3 nitrogen and oxygen atoms in total. The Hall–Kier alpha value is -1.35. The van der Waals surface area contributed by atoms with Crippen LogP contribution in [0.4, 0.5) is 0 Å². The van der Waals surface area contributed by atoms with Crippen molar-refractivity contribution < 1.29 is 4.79 Å². The van der Waals surface area contributed by atoms with E-state index >= 15 is 0 Å². The molecule has 0 fully saturated rings. The molecule has 0 saturated heterocycles. The van der Waals surface area contributed by atoms with Crippen LogP contribution in [0.2, 0.25) is 0 Å². The van der Waals surface area contributed by atoms with E-state index in [2.05, 4.69) is 19.2 Å². The lowest BCUT2D eigenvalue weighted by Crippen LogP contribution is -2.42. The van der Waals surface area contributed by atoms with E-state index in [0.29, 0.717) is 12.3 Å². The standard InChI is InChI=1S/C15H24N2O/c1-10(2)9-14(16)15(18)17-12(4)13-7-5-11(3)6-8-13/h5-8,10,12,14H,9,16H2,1-4H3,(H,17,18)/t12?,14-/m1/s1. The molecule has 1 aromatic carbocycles. The summed E-state index contributed by atoms with van der Waals surface area (Å²) in [7, 11) is 0. The second-order valence-electron chi connectivity index (χ2n) is 5.38. The van der Waals surface area contributed by atoms with Crippen molar-refractivity contribution in [1.82, 2.24) is 5.32 Å². The molecule has 0 bridgehead atoms. The molecular formula is C15H24N2O. The Balaban J connectivity index is 2.56. The zero-order chi connectivity index (χ0) is 13.7. The maximum Gasteiger partial charge on any atom is 0.237 e. The molecule has 2 atom stereocenters. The molecule has 0 radical (unpaired) electrons. The van der Waals surface area contributed by atoms with Crippen molar-refractivity contribution in [2.24, 2.45) is 11.7 Å². The van der Waals surface area contributed by atoms with Crippen LogP contribution in [0.25, 0.3) is 0 Å². The number of aryl methyl sites for hydroxylation is 1. The van der Waals surface area contributed by atoms with Gasteiger partial charge in [-0.25, -0.2) is 0 Å². The second-order valence-corrected chi connectivity index (χ2v) is 5.38. The van der Waals surface area contributed by atoms with Crippen LogP contribution in [0.5, 0.6) is 0 Å². The Kier molecular flexibility index (Phi) is 5.35. The molecule has 0 aromatic heterocycles. The monoisotopic (exact) mass is 248 g/mol. The second kappa shape index (κ2) is 6.55. The van der Waals surface area contributed by atoms with Crippen LogP contribution in [0.1, 0.15) is 44.4 Å². The summed E-state index contributed by atoms with van der Waals surface area (Å²) in [5.74, 6) is 0.359. The molecule has 18 heavy (non-hydrogen) atoms. The first-order valence-electron chi connectivity index (χ1n) is 6.52. The van der Waals surface area contributed by atoms with Gasteiger partial charge < -0.3 is 11.1 Å². The predicted molar refractivity (Wildman–Crippen MR) is 75.2 cm³/mol. The summed E-state index contributed by atoms with van der Waals surface area (Å²) >= 11 is 0. The van der Waals surface area contributed by atoms with E-state index in [1.807, 2.05) is 38.1 Å². The van der Waals surface area contributed by atoms with Crippen molar-refractivity contribution in [1.29, 1.82) is 0 Å². The molecule has 0 aliphatic carbocycles. The molecule has 0 spiro atoms. The maximum atomic E-state index is 11.9. The highest BCUT2D eigenvalue weighted by molar-refractivity contribution is 5.81. The Labute approximate surface area is 110 Å². The van der Waals surface area contributed by atoms with Gasteiger partial charge in [0.1, 0.15) is 0 Å². The zero-order valence-corrected chi connectivity index (χ0v) is 11.7. The van der Waals surface area contributed by atoms with Crippen LogP contribution in [-0.4, -0.2) is 11.9 Å². The van der Waals surface area contributed by atoms with Gasteiger partial charge in [0.25, 0.3) is 0 Å². The van der Waals surface area contributed by atoms with Crippen LogP contribution in [0, 0.1) is 12.8 Å². The summed E-state index contributed by atoms with van der Waals surface area (Å²) in [4.78, 5) is 11.9. The first-order chi connectivity index (χ1) is 8.40. The normalized spacial score (nSPS) is 14.3. The van der Waals surface area contributed by atoms with E-state index < -0.39 is 6.04 Å². The molecule has 1 rings (SSSR count). The van der Waals surface area contributed by atoms with E-state index in [9.17, 15) is 4.79 Å². The van der Waals surface area contributed by atoms with Gasteiger partial charge in [-0.3, -0.25) is 4.79 Å². The highest BCUT2D eigenvalue weighted by Gasteiger charge is 2.17. The number of carbonyl (C=O) groups is 1. The van der Waals surface area contributed by atoms with Gasteiger partial charge in [0.05, 0.1) is 12.1 Å². The van der Waals surface area contributed by atoms with Gasteiger partial charge in [-0.15, -0.1) is 0 Å². The Bertz CT molecular complexity index is 384. The van der Waals surface area contributed by atoms with E-state index in [4.69, 9.17) is 5.73 Å². The summed E-state index contributed by atoms with van der Waals surface area (Å²) in [5.41, 5.74) is 8.18. The molecular weight excluding hydrogens is 224 g/mol. The summed E-state index contributed by atoms with van der Waals surface area (Å²) < 4.78 is 0. The van der Waals surface area contributed by atoms with E-state index in [1.54, 1.807) is 0 Å². The summed E-state index contributed by atoms with van der Waals surface area (Å²) in [5, 5.41) is 2.96. The molecule has 3 N–H and O–H groups in total. The van der Waals surface area contributed by atoms with E-state index in [1.165, 1.54) is 5.56 Å². The number of hydrogen-bond donors (Lipinski definition) is 2. The average molecular weight is 248 g/mol. The SMILES string of the molecule is Cc1ccc(C(C)NC(=O)[C@H](N)CC(C)C)cc1. The van der Waals surface area contributed by atoms with Gasteiger partial charge in [-0.1, -0.05) is 43.7 Å². The van der Waals surface area contributed by atoms with Crippen molar-refractivity contribution >= 4 is 5.91 Å². The smallest absolute Gasteiger partial charge is 0.237 e. The number of hydrogen-bond acceptors (Lipinski definition) is 2. The Morgan fingerprint density at radius 1 is 1.22 bits per heavy atom. The van der Waals surface area contributed by atoms with Gasteiger partial charge in [0.15, 0.2) is 0 Å². The molecule has 0 heterocycles. The number of carbonyl (C=O) groups excluding carboxylic acids is 1. The summed E-state index contributed by atoms with van der Waals surface area (Å²) in [6.45, 7) is 8.16. The first kappa shape index (κ1) is 14.7. The predicted octanol–water partition coefficient (Wildman–Crippen LogP) is 2.55. The third-order valence-electron chi connectivity index (χ3n) is 3.00. The lowest BCUT2D eigenvalue weighted by Gasteiger charge is -2.19. The molecule has 1 aromatic rings. The van der Waals surface area contributed by atoms with Crippen molar-refractivity contribution in [2.45, 2.75) is 46.2 Å². The fraction of sp³-hybridized carbons (Fsp3) is 0.533. The third-order valence-corrected chi connectivity index (χ3v) is 3.00. The van der Waals surface area contributed by atoms with Crippen LogP contribution in [0.3, 0.4) is 0 Å². The quantitative estimate of drug-likeness (QED) is 0.841. The minimum atomic E-state index is -0.419. The van der Waals surface area contributed by atoms with Crippen LogP contribution in [0.15, 0.2) is 24.3 Å². The lowest BCUT2D eigenvalue weighted by atomic mass is 10.0. The fourth-order valence-electron chi connectivity index (χ4n) is 1.87. The van der Waals surface area contributed by atoms with E-state index in [-0.39, 0.29) is 11.9 Å². The van der Waals surface area contributed by atoms with Crippen LogP contribution < -0.4 is 11.1 Å². The molecule has 3 heteroatoms. The molecule has 0 aliphatic rings. The number of nitrogens with two attached hydrogens (primary N) is 1. The molecule has 1 unspecified atom stereocenters. The molecule has 1 amide bonds. The van der Waals surface area contributed by atoms with Gasteiger partial charge in [0, 0.05) is 0 Å². The van der Waals surface area contributed by atoms with Crippen molar-refractivity contribution in [3.63, 3.8) is 0 Å². The van der Waals surface area contributed by atoms with Crippen LogP contribution >= 0.6 is 0 Å². The lowest BCUT2D eigenvalue weighted by molar-refractivity contribution is -0.123. The van der Waals surface area contributed by atoms with E-state index in [0.717, 1.165) is 5.56 Å². The number of benzene rings is 1. The average Bonchev–Trinajstić information content (AvgIpc) is 2.28. The number of rotatable bonds is 5. The highest BCUT2D eigenvalue weighted by atomic mass is 16.2. The molecule has 100 valence electrons. The van der Waals surface area contributed by atoms with Crippen molar-refractivity contribution in [2.75, 3.05) is 0 Å².